The number of halogens is 2. The molecule has 28 heavy (non-hydrogen) atoms. The van der Waals surface area contributed by atoms with Gasteiger partial charge in [-0.3, -0.25) is 0 Å². The molecule has 3 nitrogen and oxygen atoms in total. The zero-order valence-electron chi connectivity index (χ0n) is 16.1. The lowest BCUT2D eigenvalue weighted by molar-refractivity contribution is 0.464. The highest BCUT2D eigenvalue weighted by atomic mass is 35.5. The van der Waals surface area contributed by atoms with Crippen LogP contribution in [0.5, 0.6) is 11.6 Å². The molecule has 0 N–H and O–H groups in total. The van der Waals surface area contributed by atoms with Crippen LogP contribution in [0.2, 0.25) is 0 Å². The van der Waals surface area contributed by atoms with Crippen molar-refractivity contribution in [1.29, 1.82) is 0 Å². The molecule has 0 unspecified atom stereocenters. The molecule has 0 aliphatic heterocycles. The minimum atomic E-state index is -0.289. The molecule has 4 aromatic rings. The summed E-state index contributed by atoms with van der Waals surface area (Å²) >= 11 is 0. The van der Waals surface area contributed by atoms with E-state index >= 15 is 0 Å². The molecule has 0 saturated heterocycles. The number of rotatable bonds is 4. The Morgan fingerprint density at radius 1 is 0.929 bits per heavy atom. The van der Waals surface area contributed by atoms with Crippen LogP contribution in [-0.4, -0.2) is 9.55 Å². The van der Waals surface area contributed by atoms with Crippen molar-refractivity contribution in [3.05, 3.63) is 89.0 Å². The summed E-state index contributed by atoms with van der Waals surface area (Å²) < 4.78 is 21.4. The highest BCUT2D eigenvalue weighted by Crippen LogP contribution is 2.33. The Morgan fingerprint density at radius 2 is 1.61 bits per heavy atom. The van der Waals surface area contributed by atoms with Gasteiger partial charge < -0.3 is 9.30 Å². The summed E-state index contributed by atoms with van der Waals surface area (Å²) in [6.45, 7) is 7.06. The van der Waals surface area contributed by atoms with E-state index in [2.05, 4.69) is 54.6 Å². The molecule has 0 radical (unpaired) electrons. The molecular weight excluding hydrogens is 375 g/mol. The summed E-state index contributed by atoms with van der Waals surface area (Å²) in [4.78, 5) is 4.46. The number of benzene rings is 2. The number of ether oxygens (including phenoxy) is 1. The number of aromatic nitrogens is 2. The lowest BCUT2D eigenvalue weighted by atomic mass is 10.1. The molecule has 0 bridgehead atoms. The van der Waals surface area contributed by atoms with Gasteiger partial charge in [-0.2, -0.15) is 0 Å². The van der Waals surface area contributed by atoms with Gasteiger partial charge in [-0.1, -0.05) is 29.8 Å². The molecule has 0 atom stereocenters. The summed E-state index contributed by atoms with van der Waals surface area (Å²) in [5.74, 6) is 0.806. The van der Waals surface area contributed by atoms with Crippen molar-refractivity contribution in [2.75, 3.05) is 0 Å². The number of nitrogens with zero attached hydrogens (tertiary/aromatic N) is 2. The Bertz CT molecular complexity index is 1100. The molecule has 0 spiro atoms. The first-order valence-electron chi connectivity index (χ1n) is 8.96. The van der Waals surface area contributed by atoms with Crippen molar-refractivity contribution >= 4 is 23.3 Å². The number of hydrogen-bond acceptors (Lipinski definition) is 2. The van der Waals surface area contributed by atoms with Gasteiger partial charge in [-0.15, -0.1) is 12.4 Å². The van der Waals surface area contributed by atoms with E-state index in [1.807, 2.05) is 6.07 Å². The standard InChI is InChI=1S/C23H21FN2O.ClH/c1-15-4-6-18(7-5-15)14-26-17(3)16(2)21-12-13-25-23(22(21)26)27-20-10-8-19(24)9-11-20;/h4-13H,14H2,1-3H3;1H. The fourth-order valence-corrected chi connectivity index (χ4v) is 3.33. The topological polar surface area (TPSA) is 27.1 Å². The summed E-state index contributed by atoms with van der Waals surface area (Å²) in [5, 5.41) is 1.12. The fraction of sp³-hybridized carbons (Fsp3) is 0.174. The summed E-state index contributed by atoms with van der Waals surface area (Å²) in [5.41, 5.74) is 5.81. The van der Waals surface area contributed by atoms with E-state index in [0.717, 1.165) is 17.4 Å². The van der Waals surface area contributed by atoms with Crippen LogP contribution in [0.3, 0.4) is 0 Å². The zero-order chi connectivity index (χ0) is 19.0. The highest BCUT2D eigenvalue weighted by Gasteiger charge is 2.17. The maximum absolute atomic E-state index is 13.2. The van der Waals surface area contributed by atoms with Crippen LogP contribution >= 0.6 is 12.4 Å². The molecule has 0 amide bonds. The van der Waals surface area contributed by atoms with Crippen molar-refractivity contribution in [2.24, 2.45) is 0 Å². The van der Waals surface area contributed by atoms with Crippen LogP contribution in [0, 0.1) is 26.6 Å². The van der Waals surface area contributed by atoms with Gasteiger partial charge in [0.25, 0.3) is 0 Å². The minimum absolute atomic E-state index is 0. The average Bonchev–Trinajstić information content (AvgIpc) is 2.91. The van der Waals surface area contributed by atoms with E-state index < -0.39 is 0 Å². The third-order valence-electron chi connectivity index (χ3n) is 5.00. The lowest BCUT2D eigenvalue weighted by Crippen LogP contribution is -2.03. The molecule has 0 aliphatic rings. The van der Waals surface area contributed by atoms with Crippen molar-refractivity contribution in [2.45, 2.75) is 27.3 Å². The summed E-state index contributed by atoms with van der Waals surface area (Å²) in [6, 6.07) is 16.6. The third-order valence-corrected chi connectivity index (χ3v) is 5.00. The third kappa shape index (κ3) is 3.73. The largest absolute Gasteiger partial charge is 0.437 e. The lowest BCUT2D eigenvalue weighted by Gasteiger charge is -2.12. The second kappa shape index (κ2) is 8.03. The first-order valence-corrected chi connectivity index (χ1v) is 8.96. The SMILES string of the molecule is Cc1ccc(Cn2c(C)c(C)c3ccnc(Oc4ccc(F)cc4)c32)cc1.Cl. The Kier molecular flexibility index (Phi) is 5.71. The van der Waals surface area contributed by atoms with Gasteiger partial charge in [0.15, 0.2) is 0 Å². The van der Waals surface area contributed by atoms with Crippen molar-refractivity contribution in [3.8, 4) is 11.6 Å². The Hall–Kier alpha value is -2.85. The smallest absolute Gasteiger partial charge is 0.244 e. The molecule has 0 saturated carbocycles. The monoisotopic (exact) mass is 396 g/mol. The van der Waals surface area contributed by atoms with Gasteiger partial charge >= 0.3 is 0 Å². The predicted octanol–water partition coefficient (Wildman–Crippen LogP) is 6.36. The van der Waals surface area contributed by atoms with Gasteiger partial charge in [0, 0.05) is 23.8 Å². The van der Waals surface area contributed by atoms with Crippen molar-refractivity contribution in [1.82, 2.24) is 9.55 Å². The van der Waals surface area contributed by atoms with Crippen molar-refractivity contribution < 1.29 is 9.13 Å². The van der Waals surface area contributed by atoms with Crippen LogP contribution in [0.25, 0.3) is 10.9 Å². The predicted molar refractivity (Wildman–Crippen MR) is 113 cm³/mol. The molecular formula is C23H22ClFN2O. The maximum atomic E-state index is 13.2. The van der Waals surface area contributed by atoms with Gasteiger partial charge in [0.05, 0.1) is 0 Å². The second-order valence-corrected chi connectivity index (χ2v) is 6.85. The number of fused-ring (bicyclic) bond motifs is 1. The first kappa shape index (κ1) is 19.9. The second-order valence-electron chi connectivity index (χ2n) is 6.85. The molecule has 2 aromatic carbocycles. The summed E-state index contributed by atoms with van der Waals surface area (Å²) in [7, 11) is 0. The van der Waals surface area contributed by atoms with Crippen molar-refractivity contribution in [3.63, 3.8) is 0 Å². The Morgan fingerprint density at radius 3 is 2.29 bits per heavy atom. The Labute approximate surface area is 170 Å². The maximum Gasteiger partial charge on any atom is 0.244 e. The van der Waals surface area contributed by atoms with Gasteiger partial charge in [0.1, 0.15) is 17.1 Å². The zero-order valence-corrected chi connectivity index (χ0v) is 16.9. The number of aryl methyl sites for hydroxylation is 2. The summed E-state index contributed by atoms with van der Waals surface area (Å²) in [6.07, 6.45) is 1.75. The molecule has 2 aromatic heterocycles. The number of hydrogen-bond donors (Lipinski definition) is 0. The Balaban J connectivity index is 0.00000225. The van der Waals surface area contributed by atoms with E-state index in [4.69, 9.17) is 4.74 Å². The number of pyridine rings is 1. The molecule has 0 aliphatic carbocycles. The van der Waals surface area contributed by atoms with Gasteiger partial charge in [-0.05, 0) is 62.2 Å². The minimum Gasteiger partial charge on any atom is -0.437 e. The molecule has 0 fully saturated rings. The van der Waals surface area contributed by atoms with Gasteiger partial charge in [0.2, 0.25) is 5.88 Å². The van der Waals surface area contributed by atoms with E-state index in [1.165, 1.54) is 34.5 Å². The first-order chi connectivity index (χ1) is 13.0. The average molecular weight is 397 g/mol. The molecule has 2 heterocycles. The highest BCUT2D eigenvalue weighted by molar-refractivity contribution is 5.89. The van der Waals surface area contributed by atoms with E-state index in [9.17, 15) is 4.39 Å². The molecule has 4 rings (SSSR count). The molecule has 144 valence electrons. The van der Waals surface area contributed by atoms with Crippen LogP contribution in [-0.2, 0) is 6.54 Å². The van der Waals surface area contributed by atoms with Crippen LogP contribution in [0.15, 0.2) is 60.8 Å². The van der Waals surface area contributed by atoms with E-state index in [-0.39, 0.29) is 18.2 Å². The van der Waals surface area contributed by atoms with Crippen LogP contribution in [0.1, 0.15) is 22.4 Å². The molecule has 5 heteroatoms. The normalized spacial score (nSPS) is 10.7. The van der Waals surface area contributed by atoms with E-state index in [1.54, 1.807) is 18.3 Å². The van der Waals surface area contributed by atoms with Crippen LogP contribution in [0.4, 0.5) is 4.39 Å². The quantitative estimate of drug-likeness (QED) is 0.401. The van der Waals surface area contributed by atoms with Crippen LogP contribution < -0.4 is 4.74 Å². The van der Waals surface area contributed by atoms with Gasteiger partial charge in [-0.25, -0.2) is 9.37 Å². The van der Waals surface area contributed by atoms with E-state index in [0.29, 0.717) is 11.6 Å². The fourth-order valence-electron chi connectivity index (χ4n) is 3.33.